The van der Waals surface area contributed by atoms with Crippen LogP contribution in [0, 0.1) is 0 Å². The van der Waals surface area contributed by atoms with Gasteiger partial charge < -0.3 is 21.1 Å². The van der Waals surface area contributed by atoms with Gasteiger partial charge in [-0.25, -0.2) is 0 Å². The van der Waals surface area contributed by atoms with E-state index in [1.165, 1.54) is 24.3 Å². The van der Waals surface area contributed by atoms with E-state index in [1.54, 1.807) is 7.11 Å². The van der Waals surface area contributed by atoms with E-state index < -0.39 is 17.7 Å². The molecule has 0 unspecified atom stereocenters. The molecule has 0 heterocycles. The van der Waals surface area contributed by atoms with Crippen molar-refractivity contribution in [3.63, 3.8) is 0 Å². The van der Waals surface area contributed by atoms with E-state index in [4.69, 9.17) is 10.5 Å². The number of hydrogen-bond acceptors (Lipinski definition) is 4. The van der Waals surface area contributed by atoms with E-state index in [0.717, 1.165) is 11.3 Å². The summed E-state index contributed by atoms with van der Waals surface area (Å²) in [6.07, 6.45) is 0.594. The first-order valence-corrected chi connectivity index (χ1v) is 7.61. The molecule has 0 radical (unpaired) electrons. The maximum atomic E-state index is 11.8. The highest BCUT2D eigenvalue weighted by molar-refractivity contribution is 6.39. The third-order valence-electron chi connectivity index (χ3n) is 3.49. The monoisotopic (exact) mass is 341 g/mol. The average molecular weight is 341 g/mol. The van der Waals surface area contributed by atoms with E-state index in [0.29, 0.717) is 24.2 Å². The van der Waals surface area contributed by atoms with Gasteiger partial charge in [-0.3, -0.25) is 14.4 Å². The summed E-state index contributed by atoms with van der Waals surface area (Å²) in [5, 5.41) is 5.00. The van der Waals surface area contributed by atoms with Gasteiger partial charge in [-0.1, -0.05) is 12.1 Å². The van der Waals surface area contributed by atoms with Crippen molar-refractivity contribution >= 4 is 23.4 Å². The molecule has 7 heteroatoms. The van der Waals surface area contributed by atoms with Gasteiger partial charge in [-0.15, -0.1) is 0 Å². The number of nitrogens with one attached hydrogen (secondary N) is 2. The van der Waals surface area contributed by atoms with E-state index in [2.05, 4.69) is 10.6 Å². The van der Waals surface area contributed by atoms with Crippen LogP contribution in [0.5, 0.6) is 5.75 Å². The van der Waals surface area contributed by atoms with Crippen LogP contribution in [-0.2, 0) is 16.0 Å². The van der Waals surface area contributed by atoms with Crippen LogP contribution in [-0.4, -0.2) is 31.4 Å². The number of carbonyl (C=O) groups is 3. The van der Waals surface area contributed by atoms with Gasteiger partial charge in [0.15, 0.2) is 0 Å². The zero-order chi connectivity index (χ0) is 18.2. The van der Waals surface area contributed by atoms with E-state index in [-0.39, 0.29) is 0 Å². The lowest BCUT2D eigenvalue weighted by Crippen LogP contribution is -2.36. The molecule has 2 aromatic rings. The van der Waals surface area contributed by atoms with Crippen LogP contribution in [0.3, 0.4) is 0 Å². The molecular formula is C18H19N3O4. The van der Waals surface area contributed by atoms with Crippen LogP contribution in [0.15, 0.2) is 48.5 Å². The van der Waals surface area contributed by atoms with Crippen molar-refractivity contribution in [2.75, 3.05) is 19.0 Å². The maximum absolute atomic E-state index is 11.8. The van der Waals surface area contributed by atoms with Crippen LogP contribution in [0.1, 0.15) is 15.9 Å². The number of primary amides is 1. The Labute approximate surface area is 145 Å². The molecule has 0 atom stereocenters. The summed E-state index contributed by atoms with van der Waals surface area (Å²) in [7, 11) is 1.59. The fourth-order valence-electron chi connectivity index (χ4n) is 2.10. The zero-order valence-corrected chi connectivity index (χ0v) is 13.7. The molecule has 0 aromatic heterocycles. The summed E-state index contributed by atoms with van der Waals surface area (Å²) >= 11 is 0. The third-order valence-corrected chi connectivity index (χ3v) is 3.49. The molecule has 25 heavy (non-hydrogen) atoms. The predicted octanol–water partition coefficient (Wildman–Crippen LogP) is 1.09. The fraction of sp³-hybridized carbons (Fsp3) is 0.167. The zero-order valence-electron chi connectivity index (χ0n) is 13.7. The van der Waals surface area contributed by atoms with Crippen LogP contribution in [0.4, 0.5) is 5.69 Å². The minimum absolute atomic E-state index is 0.321. The number of ether oxygens (including phenoxy) is 1. The maximum Gasteiger partial charge on any atom is 0.313 e. The molecule has 3 amide bonds. The van der Waals surface area contributed by atoms with Crippen molar-refractivity contribution in [2.24, 2.45) is 5.73 Å². The predicted molar refractivity (Wildman–Crippen MR) is 93.3 cm³/mol. The summed E-state index contributed by atoms with van der Waals surface area (Å²) in [4.78, 5) is 34.6. The smallest absolute Gasteiger partial charge is 0.313 e. The first-order chi connectivity index (χ1) is 12.0. The molecule has 0 aliphatic carbocycles. The van der Waals surface area contributed by atoms with E-state index in [1.807, 2.05) is 24.3 Å². The lowest BCUT2D eigenvalue weighted by atomic mass is 10.1. The number of anilines is 1. The molecule has 7 nitrogen and oxygen atoms in total. The summed E-state index contributed by atoms with van der Waals surface area (Å²) in [6.45, 7) is 0.333. The molecule has 0 spiro atoms. The van der Waals surface area contributed by atoms with Crippen LogP contribution >= 0.6 is 0 Å². The quantitative estimate of drug-likeness (QED) is 0.683. The molecule has 0 fully saturated rings. The number of carbonyl (C=O) groups excluding carboxylic acids is 3. The third kappa shape index (κ3) is 5.35. The molecule has 0 bridgehead atoms. The number of amides is 3. The fourth-order valence-corrected chi connectivity index (χ4v) is 2.10. The SMILES string of the molecule is COc1ccc(CCNC(=O)C(=O)Nc2ccc(C(N)=O)cc2)cc1. The van der Waals surface area contributed by atoms with Crippen molar-refractivity contribution in [2.45, 2.75) is 6.42 Å². The summed E-state index contributed by atoms with van der Waals surface area (Å²) in [6, 6.07) is 13.4. The molecule has 0 saturated carbocycles. The van der Waals surface area contributed by atoms with E-state index >= 15 is 0 Å². The van der Waals surface area contributed by atoms with Gasteiger partial charge in [0.1, 0.15) is 5.75 Å². The highest BCUT2D eigenvalue weighted by Crippen LogP contribution is 2.11. The average Bonchev–Trinajstić information content (AvgIpc) is 2.62. The number of benzene rings is 2. The lowest BCUT2D eigenvalue weighted by molar-refractivity contribution is -0.136. The highest BCUT2D eigenvalue weighted by atomic mass is 16.5. The first-order valence-electron chi connectivity index (χ1n) is 7.61. The molecule has 130 valence electrons. The van der Waals surface area contributed by atoms with Gasteiger partial charge in [0.05, 0.1) is 7.11 Å². The number of methoxy groups -OCH3 is 1. The van der Waals surface area contributed by atoms with Gasteiger partial charge in [0, 0.05) is 17.8 Å². The Morgan fingerprint density at radius 1 is 0.960 bits per heavy atom. The van der Waals surface area contributed by atoms with Gasteiger partial charge in [0.2, 0.25) is 5.91 Å². The minimum Gasteiger partial charge on any atom is -0.497 e. The molecule has 2 aromatic carbocycles. The number of nitrogens with two attached hydrogens (primary N) is 1. The minimum atomic E-state index is -0.776. The molecule has 0 aliphatic rings. The second-order valence-electron chi connectivity index (χ2n) is 5.25. The Bertz CT molecular complexity index is 755. The Hall–Kier alpha value is -3.35. The van der Waals surface area contributed by atoms with Crippen molar-refractivity contribution in [3.8, 4) is 5.75 Å². The van der Waals surface area contributed by atoms with Gasteiger partial charge in [-0.2, -0.15) is 0 Å². The Balaban J connectivity index is 1.79. The van der Waals surface area contributed by atoms with Crippen LogP contribution in [0.2, 0.25) is 0 Å². The Kier molecular flexibility index (Phi) is 6.11. The van der Waals surface area contributed by atoms with Gasteiger partial charge in [0.25, 0.3) is 0 Å². The Morgan fingerprint density at radius 3 is 2.16 bits per heavy atom. The lowest BCUT2D eigenvalue weighted by Gasteiger charge is -2.07. The Morgan fingerprint density at radius 2 is 1.60 bits per heavy atom. The summed E-state index contributed by atoms with van der Waals surface area (Å²) in [5.41, 5.74) is 6.88. The number of rotatable bonds is 6. The van der Waals surface area contributed by atoms with E-state index in [9.17, 15) is 14.4 Å². The molecular weight excluding hydrogens is 322 g/mol. The van der Waals surface area contributed by atoms with Crippen LogP contribution in [0.25, 0.3) is 0 Å². The molecule has 0 saturated heterocycles. The standard InChI is InChI=1S/C18H19N3O4/c1-25-15-8-2-12(3-9-15)10-11-20-17(23)18(24)21-14-6-4-13(5-7-14)16(19)22/h2-9H,10-11H2,1H3,(H2,19,22)(H,20,23)(H,21,24). The second-order valence-corrected chi connectivity index (χ2v) is 5.25. The number of hydrogen-bond donors (Lipinski definition) is 3. The van der Waals surface area contributed by atoms with Crippen molar-refractivity contribution in [1.29, 1.82) is 0 Å². The topological polar surface area (TPSA) is 111 Å². The normalized spacial score (nSPS) is 9.96. The second kappa shape index (κ2) is 8.49. The largest absolute Gasteiger partial charge is 0.497 e. The van der Waals surface area contributed by atoms with Gasteiger partial charge >= 0.3 is 11.8 Å². The van der Waals surface area contributed by atoms with Gasteiger partial charge in [-0.05, 0) is 48.4 Å². The molecule has 4 N–H and O–H groups in total. The van der Waals surface area contributed by atoms with Crippen LogP contribution < -0.4 is 21.1 Å². The summed E-state index contributed by atoms with van der Waals surface area (Å²) in [5.74, 6) is -1.31. The summed E-state index contributed by atoms with van der Waals surface area (Å²) < 4.78 is 5.07. The first kappa shape index (κ1) is 18.0. The molecule has 0 aliphatic heterocycles. The van der Waals surface area contributed by atoms with Crippen molar-refractivity contribution in [3.05, 3.63) is 59.7 Å². The van der Waals surface area contributed by atoms with Crippen molar-refractivity contribution < 1.29 is 19.1 Å². The van der Waals surface area contributed by atoms with Crippen molar-refractivity contribution in [1.82, 2.24) is 5.32 Å². The highest BCUT2D eigenvalue weighted by Gasteiger charge is 2.13. The molecule has 2 rings (SSSR count).